The Balaban J connectivity index is 1.58. The number of aromatic carboxylic acids is 1. The van der Waals surface area contributed by atoms with E-state index in [1.807, 2.05) is 13.8 Å². The molecular formula is C26H28FNO5. The molecule has 0 spiro atoms. The maximum atomic E-state index is 14.6. The molecule has 174 valence electrons. The number of carboxylic acids is 1. The number of ether oxygens (including phenoxy) is 1. The van der Waals surface area contributed by atoms with Crippen molar-refractivity contribution in [3.63, 3.8) is 0 Å². The van der Waals surface area contributed by atoms with Gasteiger partial charge < -0.3 is 25.4 Å². The molecule has 0 heterocycles. The van der Waals surface area contributed by atoms with Gasteiger partial charge in [-0.15, -0.1) is 0 Å². The molecule has 0 amide bonds. The number of benzene rings is 3. The van der Waals surface area contributed by atoms with Gasteiger partial charge in [-0.25, -0.2) is 9.18 Å². The van der Waals surface area contributed by atoms with Crippen LogP contribution in [0.5, 0.6) is 11.5 Å². The smallest absolute Gasteiger partial charge is 0.335 e. The van der Waals surface area contributed by atoms with Crippen molar-refractivity contribution in [3.05, 3.63) is 83.2 Å². The van der Waals surface area contributed by atoms with Gasteiger partial charge in [-0.05, 0) is 72.0 Å². The molecule has 0 aliphatic rings. The third-order valence-electron chi connectivity index (χ3n) is 5.51. The molecule has 3 aromatic rings. The van der Waals surface area contributed by atoms with Crippen LogP contribution < -0.4 is 10.1 Å². The van der Waals surface area contributed by atoms with E-state index >= 15 is 0 Å². The van der Waals surface area contributed by atoms with E-state index in [-0.39, 0.29) is 29.7 Å². The molecular weight excluding hydrogens is 425 g/mol. The maximum absolute atomic E-state index is 14.6. The van der Waals surface area contributed by atoms with Crippen molar-refractivity contribution < 1.29 is 29.2 Å². The number of phenols is 1. The minimum atomic E-state index is -0.996. The molecule has 0 aliphatic heterocycles. The predicted molar refractivity (Wildman–Crippen MR) is 124 cm³/mol. The molecule has 0 saturated carbocycles. The minimum absolute atomic E-state index is 0.118. The number of nitrogens with one attached hydrogen (secondary N) is 1. The van der Waals surface area contributed by atoms with Crippen LogP contribution in [0.15, 0.2) is 60.7 Å². The van der Waals surface area contributed by atoms with Crippen LogP contribution in [0.2, 0.25) is 0 Å². The number of rotatable bonds is 10. The summed E-state index contributed by atoms with van der Waals surface area (Å²) in [5, 5.41) is 32.1. The second-order valence-electron chi connectivity index (χ2n) is 7.80. The Kier molecular flexibility index (Phi) is 8.03. The van der Waals surface area contributed by atoms with Crippen molar-refractivity contribution in [2.75, 3.05) is 13.2 Å². The predicted octanol–water partition coefficient (Wildman–Crippen LogP) is 4.55. The van der Waals surface area contributed by atoms with Crippen LogP contribution in [-0.2, 0) is 6.42 Å². The Morgan fingerprint density at radius 3 is 2.45 bits per heavy atom. The van der Waals surface area contributed by atoms with Gasteiger partial charge >= 0.3 is 5.97 Å². The highest BCUT2D eigenvalue weighted by atomic mass is 19.1. The number of carbonyl (C=O) groups is 1. The molecule has 33 heavy (non-hydrogen) atoms. The average molecular weight is 454 g/mol. The Morgan fingerprint density at radius 1 is 1.09 bits per heavy atom. The fraction of sp³-hybridized carbons (Fsp3) is 0.269. The normalized spacial score (nSPS) is 12.8. The highest BCUT2D eigenvalue weighted by molar-refractivity contribution is 5.89. The fourth-order valence-electron chi connectivity index (χ4n) is 3.61. The van der Waals surface area contributed by atoms with Gasteiger partial charge in [0.05, 0.1) is 11.7 Å². The molecule has 6 nitrogen and oxygen atoms in total. The Labute approximate surface area is 192 Å². The van der Waals surface area contributed by atoms with Crippen LogP contribution in [0, 0.1) is 5.82 Å². The van der Waals surface area contributed by atoms with Crippen LogP contribution in [0.1, 0.15) is 41.4 Å². The van der Waals surface area contributed by atoms with E-state index < -0.39 is 17.9 Å². The van der Waals surface area contributed by atoms with Crippen molar-refractivity contribution in [2.45, 2.75) is 32.4 Å². The molecule has 0 aliphatic carbocycles. The summed E-state index contributed by atoms with van der Waals surface area (Å²) in [6.07, 6.45) is -0.141. The molecule has 3 rings (SSSR count). The Morgan fingerprint density at radius 2 is 1.82 bits per heavy atom. The highest BCUT2D eigenvalue weighted by Gasteiger charge is 2.16. The van der Waals surface area contributed by atoms with Gasteiger partial charge in [-0.1, -0.05) is 31.2 Å². The van der Waals surface area contributed by atoms with Crippen molar-refractivity contribution >= 4 is 5.97 Å². The van der Waals surface area contributed by atoms with Gasteiger partial charge in [0.1, 0.15) is 12.4 Å². The Bertz CT molecular complexity index is 1100. The molecule has 7 heteroatoms. The maximum Gasteiger partial charge on any atom is 0.335 e. The van der Waals surface area contributed by atoms with Gasteiger partial charge in [0, 0.05) is 12.6 Å². The summed E-state index contributed by atoms with van der Waals surface area (Å²) in [4.78, 5) is 11.2. The second kappa shape index (κ2) is 10.9. The summed E-state index contributed by atoms with van der Waals surface area (Å²) >= 11 is 0. The van der Waals surface area contributed by atoms with Crippen LogP contribution in [-0.4, -0.2) is 40.5 Å². The summed E-state index contributed by atoms with van der Waals surface area (Å²) in [5.74, 6) is -1.25. The number of hydrogen-bond acceptors (Lipinski definition) is 5. The number of halogens is 1. The molecule has 3 aromatic carbocycles. The third kappa shape index (κ3) is 6.09. The molecule has 0 radical (unpaired) electrons. The summed E-state index contributed by atoms with van der Waals surface area (Å²) in [6, 6.07) is 15.6. The first-order valence-corrected chi connectivity index (χ1v) is 10.8. The van der Waals surface area contributed by atoms with E-state index in [4.69, 9.17) is 4.74 Å². The first-order valence-electron chi connectivity index (χ1n) is 10.8. The number of aliphatic hydroxyl groups is 1. The zero-order chi connectivity index (χ0) is 24.0. The van der Waals surface area contributed by atoms with Crippen LogP contribution >= 0.6 is 0 Å². The first kappa shape index (κ1) is 24.2. The molecule has 4 N–H and O–H groups in total. The van der Waals surface area contributed by atoms with Crippen LogP contribution in [0.3, 0.4) is 0 Å². The van der Waals surface area contributed by atoms with E-state index in [9.17, 15) is 24.5 Å². The van der Waals surface area contributed by atoms with E-state index in [1.54, 1.807) is 36.4 Å². The first-order chi connectivity index (χ1) is 15.8. The molecule has 0 unspecified atom stereocenters. The SMILES string of the molecule is CCc1cc(C(=O)O)ccc1-c1ccc(OCCN[C@@H](C)[C@H](O)c2ccc(O)cc2)c(F)c1. The highest BCUT2D eigenvalue weighted by Crippen LogP contribution is 2.29. The van der Waals surface area contributed by atoms with Crippen LogP contribution in [0.25, 0.3) is 11.1 Å². The summed E-state index contributed by atoms with van der Waals surface area (Å²) in [5.41, 5.74) is 3.14. The van der Waals surface area contributed by atoms with Crippen molar-refractivity contribution in [3.8, 4) is 22.6 Å². The standard InChI is InChI=1S/C26H28FNO5/c1-3-17-14-20(26(31)32)6-10-22(17)19-7-11-24(23(27)15-19)33-13-12-28-16(2)25(30)18-4-8-21(29)9-5-18/h4-11,14-16,25,28-30H,3,12-13H2,1-2H3,(H,31,32)/t16-,25-/m0/s1. The zero-order valence-electron chi connectivity index (χ0n) is 18.6. The molecule has 2 atom stereocenters. The van der Waals surface area contributed by atoms with E-state index in [0.29, 0.717) is 24.1 Å². The molecule has 0 bridgehead atoms. The lowest BCUT2D eigenvalue weighted by Crippen LogP contribution is -2.35. The number of hydrogen-bond donors (Lipinski definition) is 4. The topological polar surface area (TPSA) is 99.0 Å². The monoisotopic (exact) mass is 453 g/mol. The second-order valence-corrected chi connectivity index (χ2v) is 7.80. The average Bonchev–Trinajstić information content (AvgIpc) is 2.82. The van der Waals surface area contributed by atoms with Gasteiger partial charge in [0.25, 0.3) is 0 Å². The van der Waals surface area contributed by atoms with Gasteiger partial charge in [-0.3, -0.25) is 0 Å². The Hall–Kier alpha value is -3.42. The van der Waals surface area contributed by atoms with Crippen molar-refractivity contribution in [1.29, 1.82) is 0 Å². The molecule has 0 aromatic heterocycles. The fourth-order valence-corrected chi connectivity index (χ4v) is 3.61. The lowest BCUT2D eigenvalue weighted by molar-refractivity contribution is 0.0696. The number of aryl methyl sites for hydroxylation is 1. The summed E-state index contributed by atoms with van der Waals surface area (Å²) in [6.45, 7) is 4.35. The van der Waals surface area contributed by atoms with Gasteiger partial charge in [0.2, 0.25) is 0 Å². The van der Waals surface area contributed by atoms with Gasteiger partial charge in [0.15, 0.2) is 11.6 Å². The van der Waals surface area contributed by atoms with Gasteiger partial charge in [-0.2, -0.15) is 0 Å². The number of aromatic hydroxyl groups is 1. The quantitative estimate of drug-likeness (QED) is 0.336. The minimum Gasteiger partial charge on any atom is -0.508 e. The van der Waals surface area contributed by atoms with Crippen molar-refractivity contribution in [1.82, 2.24) is 5.32 Å². The third-order valence-corrected chi connectivity index (χ3v) is 5.51. The number of aliphatic hydroxyl groups excluding tert-OH is 1. The summed E-state index contributed by atoms with van der Waals surface area (Å²) < 4.78 is 20.2. The summed E-state index contributed by atoms with van der Waals surface area (Å²) in [7, 11) is 0. The largest absolute Gasteiger partial charge is 0.508 e. The lowest BCUT2D eigenvalue weighted by Gasteiger charge is -2.21. The van der Waals surface area contributed by atoms with E-state index in [1.165, 1.54) is 24.3 Å². The molecule has 0 fully saturated rings. The zero-order valence-corrected chi connectivity index (χ0v) is 18.6. The van der Waals surface area contributed by atoms with E-state index in [2.05, 4.69) is 5.32 Å². The van der Waals surface area contributed by atoms with E-state index in [0.717, 1.165) is 11.1 Å². The number of carboxylic acid groups (broad SMARTS) is 1. The van der Waals surface area contributed by atoms with Crippen molar-refractivity contribution in [2.24, 2.45) is 0 Å². The lowest BCUT2D eigenvalue weighted by atomic mass is 9.96. The number of phenolic OH excluding ortho intramolecular Hbond substituents is 1. The molecule has 0 saturated heterocycles. The van der Waals surface area contributed by atoms with Crippen LogP contribution in [0.4, 0.5) is 4.39 Å².